The number of fused-ring (bicyclic) bond motifs is 1. The minimum absolute atomic E-state index is 0.00992. The monoisotopic (exact) mass is 1010 g/mol. The third kappa shape index (κ3) is 12.3. The standard InChI is InChI=1S/C50H56ClF4N7O7S/c1-49(2)13-11-34(42(28-49)40-8-5-35(25-43(40)51)50(53,54)55)30-60-18-20-61(21-19-60)36-6-9-41(47(26-36)69-38-24-33-12-16-57-48(33)58-29-38)46(63)32-70(66,67)39-7-10-44(45(27-39)62(64)65)56-15-3-4-37-31-59(17-14-52)22-23-68-37/h5-10,12,16,24-27,29,37,56H,3-4,11,13-15,17-23,28,30-32H2,1-2H3,(H,57,58). The van der Waals surface area contributed by atoms with Crippen molar-refractivity contribution in [1.82, 2.24) is 19.8 Å². The molecule has 20 heteroatoms. The highest BCUT2D eigenvalue weighted by Gasteiger charge is 2.34. The first kappa shape index (κ1) is 50.8. The Kier molecular flexibility index (Phi) is 15.5. The molecular formula is C50H56ClF4N7O7S. The van der Waals surface area contributed by atoms with Crippen molar-refractivity contribution in [2.45, 2.75) is 63.1 Å². The van der Waals surface area contributed by atoms with Gasteiger partial charge in [0.2, 0.25) is 0 Å². The quantitative estimate of drug-likeness (QED) is 0.0281. The zero-order valence-corrected chi connectivity index (χ0v) is 40.6. The molecule has 5 aromatic rings. The number of anilines is 2. The second-order valence-corrected chi connectivity index (χ2v) is 21.3. The van der Waals surface area contributed by atoms with Gasteiger partial charge < -0.3 is 24.7 Å². The minimum Gasteiger partial charge on any atom is -0.455 e. The molecule has 70 heavy (non-hydrogen) atoms. The Morgan fingerprint density at radius 1 is 1.04 bits per heavy atom. The van der Waals surface area contributed by atoms with E-state index in [9.17, 15) is 40.9 Å². The summed E-state index contributed by atoms with van der Waals surface area (Å²) in [6.45, 7) is 9.44. The number of nitrogens with one attached hydrogen (secondary N) is 2. The second kappa shape index (κ2) is 21.4. The van der Waals surface area contributed by atoms with Crippen LogP contribution in [0.4, 0.5) is 34.6 Å². The van der Waals surface area contributed by atoms with Gasteiger partial charge in [-0.25, -0.2) is 17.8 Å². The molecule has 1 atom stereocenters. The zero-order valence-electron chi connectivity index (χ0n) is 39.0. The van der Waals surface area contributed by atoms with Crippen molar-refractivity contribution in [3.63, 3.8) is 0 Å². The summed E-state index contributed by atoms with van der Waals surface area (Å²) in [6, 6.07) is 15.6. The van der Waals surface area contributed by atoms with E-state index in [4.69, 9.17) is 21.1 Å². The van der Waals surface area contributed by atoms with Crippen LogP contribution < -0.4 is 15.0 Å². The van der Waals surface area contributed by atoms with Crippen molar-refractivity contribution in [3.8, 4) is 11.5 Å². The summed E-state index contributed by atoms with van der Waals surface area (Å²) < 4.78 is 93.2. The Hall–Kier alpha value is -5.60. The Labute approximate surface area is 409 Å². The predicted octanol–water partition coefficient (Wildman–Crippen LogP) is 10.2. The van der Waals surface area contributed by atoms with Gasteiger partial charge in [0.05, 0.1) is 39.9 Å². The van der Waals surface area contributed by atoms with Gasteiger partial charge in [0.25, 0.3) is 5.69 Å². The number of nitrogens with zero attached hydrogens (tertiary/aromatic N) is 5. The zero-order chi connectivity index (χ0) is 49.8. The first-order valence-electron chi connectivity index (χ1n) is 23.3. The van der Waals surface area contributed by atoms with Gasteiger partial charge in [-0.3, -0.25) is 24.7 Å². The van der Waals surface area contributed by atoms with E-state index >= 15 is 0 Å². The van der Waals surface area contributed by atoms with Crippen LogP contribution in [0.1, 0.15) is 67.4 Å². The van der Waals surface area contributed by atoms with Gasteiger partial charge in [0.15, 0.2) is 15.6 Å². The van der Waals surface area contributed by atoms with E-state index < -0.39 is 50.4 Å². The predicted molar refractivity (Wildman–Crippen MR) is 262 cm³/mol. The van der Waals surface area contributed by atoms with Crippen molar-refractivity contribution in [2.75, 3.05) is 88.2 Å². The number of Topliss-reactive ketones (excluding diaryl/α,β-unsaturated/α-hetero) is 1. The number of aromatic nitrogens is 2. The molecule has 2 saturated heterocycles. The van der Waals surface area contributed by atoms with Crippen molar-refractivity contribution < 1.29 is 45.2 Å². The number of benzene rings is 3. The van der Waals surface area contributed by atoms with Crippen LogP contribution in [-0.2, 0) is 20.8 Å². The summed E-state index contributed by atoms with van der Waals surface area (Å²) in [6.07, 6.45) is 2.26. The highest BCUT2D eigenvalue weighted by atomic mass is 35.5. The SMILES string of the molecule is CC1(C)CCC(CN2CCN(c3ccc(C(=O)CS(=O)(=O)c4ccc(NCCCC5CN(CCF)CCO5)c([N+](=O)[O-])c4)c(Oc4cnc5[nH]ccc5c4)c3)CC2)=C(c2ccc(C(F)(F)F)cc2Cl)C1. The largest absolute Gasteiger partial charge is 0.455 e. The van der Waals surface area contributed by atoms with E-state index in [1.165, 1.54) is 30.5 Å². The van der Waals surface area contributed by atoms with Crippen molar-refractivity contribution >= 4 is 60.9 Å². The molecule has 2 N–H and O–H groups in total. The number of sulfone groups is 1. The Bertz CT molecular complexity index is 2870. The first-order valence-corrected chi connectivity index (χ1v) is 25.4. The number of halogens is 5. The number of hydrogen-bond donors (Lipinski definition) is 2. The van der Waals surface area contributed by atoms with Gasteiger partial charge in [0.1, 0.15) is 35.3 Å². The van der Waals surface area contributed by atoms with Crippen LogP contribution in [0.25, 0.3) is 16.6 Å². The Balaban J connectivity index is 0.968. The number of morpholine rings is 1. The van der Waals surface area contributed by atoms with Crippen LogP contribution in [0.5, 0.6) is 11.5 Å². The number of piperazine rings is 1. The van der Waals surface area contributed by atoms with Crippen molar-refractivity contribution in [1.29, 1.82) is 0 Å². The molecule has 14 nitrogen and oxygen atoms in total. The number of ether oxygens (including phenoxy) is 2. The molecule has 0 spiro atoms. The molecule has 1 aliphatic carbocycles. The number of alkyl halides is 4. The highest BCUT2D eigenvalue weighted by molar-refractivity contribution is 7.92. The summed E-state index contributed by atoms with van der Waals surface area (Å²) >= 11 is 6.54. The maximum atomic E-state index is 14.1. The van der Waals surface area contributed by atoms with E-state index in [-0.39, 0.29) is 38.4 Å². The molecule has 3 aromatic carbocycles. The van der Waals surface area contributed by atoms with Gasteiger partial charge in [-0.2, -0.15) is 13.2 Å². The number of hydrogen-bond acceptors (Lipinski definition) is 12. The molecule has 0 radical (unpaired) electrons. The van der Waals surface area contributed by atoms with E-state index in [0.717, 1.165) is 53.3 Å². The highest BCUT2D eigenvalue weighted by Crippen LogP contribution is 2.46. The number of allylic oxidation sites excluding steroid dienone is 1. The van der Waals surface area contributed by atoms with Crippen molar-refractivity contribution in [3.05, 3.63) is 117 Å². The van der Waals surface area contributed by atoms with Crippen LogP contribution >= 0.6 is 11.6 Å². The van der Waals surface area contributed by atoms with Gasteiger partial charge >= 0.3 is 6.18 Å². The molecule has 4 heterocycles. The number of aromatic amines is 1. The molecule has 3 aliphatic rings. The second-order valence-electron chi connectivity index (χ2n) is 18.9. The Morgan fingerprint density at radius 2 is 1.84 bits per heavy atom. The first-order chi connectivity index (χ1) is 33.4. The van der Waals surface area contributed by atoms with Crippen LogP contribution in [-0.4, -0.2) is 123 Å². The van der Waals surface area contributed by atoms with Gasteiger partial charge in [-0.05, 0) is 97.2 Å². The number of pyridine rings is 1. The molecule has 1 unspecified atom stereocenters. The number of nitro groups is 1. The smallest absolute Gasteiger partial charge is 0.416 e. The molecule has 2 aromatic heterocycles. The number of nitro benzene ring substituents is 1. The van der Waals surface area contributed by atoms with E-state index in [1.807, 2.05) is 11.0 Å². The fourth-order valence-electron chi connectivity index (χ4n) is 9.46. The van der Waals surface area contributed by atoms with Crippen LogP contribution in [0.3, 0.4) is 0 Å². The van der Waals surface area contributed by atoms with Gasteiger partial charge in [0, 0.05) is 93.3 Å². The number of H-pyrrole nitrogens is 1. The fourth-order valence-corrected chi connectivity index (χ4v) is 11.0. The summed E-state index contributed by atoms with van der Waals surface area (Å²) in [5.74, 6) is -1.37. The number of carbonyl (C=O) groups is 1. The normalized spacial score (nSPS) is 18.3. The molecule has 0 saturated carbocycles. The van der Waals surface area contributed by atoms with Gasteiger partial charge in [-0.15, -0.1) is 0 Å². The van der Waals surface area contributed by atoms with Gasteiger partial charge in [-0.1, -0.05) is 37.1 Å². The third-order valence-electron chi connectivity index (χ3n) is 13.3. The topological polar surface area (TPSA) is 163 Å². The lowest BCUT2D eigenvalue weighted by Gasteiger charge is -2.39. The number of carbonyl (C=O) groups excluding carboxylic acids is 1. The van der Waals surface area contributed by atoms with Crippen LogP contribution in [0.15, 0.2) is 89.6 Å². The third-order valence-corrected chi connectivity index (χ3v) is 15.2. The Morgan fingerprint density at radius 3 is 2.59 bits per heavy atom. The molecule has 8 rings (SSSR count). The van der Waals surface area contributed by atoms with E-state index in [2.05, 4.69) is 38.9 Å². The summed E-state index contributed by atoms with van der Waals surface area (Å²) in [4.78, 5) is 39.1. The maximum Gasteiger partial charge on any atom is 0.416 e. The molecule has 2 fully saturated rings. The average molecular weight is 1010 g/mol. The van der Waals surface area contributed by atoms with E-state index in [0.29, 0.717) is 102 Å². The number of rotatable bonds is 18. The minimum atomic E-state index is -4.50. The lowest BCUT2D eigenvalue weighted by atomic mass is 9.72. The average Bonchev–Trinajstić information content (AvgIpc) is 3.79. The molecule has 2 aliphatic heterocycles. The van der Waals surface area contributed by atoms with Crippen LogP contribution in [0.2, 0.25) is 5.02 Å². The summed E-state index contributed by atoms with van der Waals surface area (Å²) in [5.41, 5.74) is 2.93. The molecular weight excluding hydrogens is 954 g/mol. The lowest BCUT2D eigenvalue weighted by molar-refractivity contribution is -0.384. The lowest BCUT2D eigenvalue weighted by Crippen LogP contribution is -2.47. The fraction of sp³-hybridized carbons (Fsp3) is 0.440. The van der Waals surface area contributed by atoms with Crippen LogP contribution in [0, 0.1) is 15.5 Å². The number of ketones is 1. The maximum absolute atomic E-state index is 14.1. The molecule has 374 valence electrons. The van der Waals surface area contributed by atoms with Crippen molar-refractivity contribution in [2.24, 2.45) is 5.41 Å². The molecule has 0 bridgehead atoms. The summed E-state index contributed by atoms with van der Waals surface area (Å²) in [7, 11) is -4.40. The molecule has 0 amide bonds. The summed E-state index contributed by atoms with van der Waals surface area (Å²) in [5, 5.41) is 16.0. The van der Waals surface area contributed by atoms with E-state index in [1.54, 1.807) is 24.4 Å².